The van der Waals surface area contributed by atoms with Gasteiger partial charge in [-0.25, -0.2) is 0 Å². The lowest BCUT2D eigenvalue weighted by atomic mass is 9.95. The van der Waals surface area contributed by atoms with Crippen molar-refractivity contribution in [3.63, 3.8) is 0 Å². The third-order valence-electron chi connectivity index (χ3n) is 5.45. The zero-order valence-corrected chi connectivity index (χ0v) is 15.5. The molecule has 142 valence electrons. The fourth-order valence-corrected chi connectivity index (χ4v) is 3.49. The Morgan fingerprint density at radius 2 is 1.64 bits per heavy atom. The van der Waals surface area contributed by atoms with Crippen molar-refractivity contribution in [2.75, 3.05) is 0 Å². The molecule has 1 fully saturated rings. The molecule has 1 aliphatic rings. The predicted molar refractivity (Wildman–Crippen MR) is 108 cm³/mol. The first-order valence-electron chi connectivity index (χ1n) is 9.45. The van der Waals surface area contributed by atoms with Crippen LogP contribution in [-0.2, 0) is 16.8 Å². The van der Waals surface area contributed by atoms with Gasteiger partial charge in [-0.2, -0.15) is 0 Å². The van der Waals surface area contributed by atoms with Crippen molar-refractivity contribution in [1.29, 1.82) is 0 Å². The molecule has 3 aromatic carbocycles. The van der Waals surface area contributed by atoms with Crippen LogP contribution in [0.1, 0.15) is 41.1 Å². The Morgan fingerprint density at radius 3 is 2.29 bits per heavy atom. The monoisotopic (exact) mass is 373 g/mol. The number of nitrogens with two attached hydrogens (primary N) is 1. The number of aliphatic carboxylic acids is 1. The Labute approximate surface area is 164 Å². The van der Waals surface area contributed by atoms with Crippen molar-refractivity contribution in [3.8, 4) is 5.75 Å². The molecule has 0 aliphatic heterocycles. The molecule has 3 N–H and O–H groups in total. The highest BCUT2D eigenvalue weighted by atomic mass is 16.5. The quantitative estimate of drug-likeness (QED) is 0.643. The molecule has 1 atom stereocenters. The molecular weight excluding hydrogens is 350 g/mol. The zero-order valence-electron chi connectivity index (χ0n) is 15.5. The Hall–Kier alpha value is -3.11. The van der Waals surface area contributed by atoms with Gasteiger partial charge in [-0.1, -0.05) is 66.7 Å². The van der Waals surface area contributed by atoms with Crippen LogP contribution in [0.25, 0.3) is 0 Å². The van der Waals surface area contributed by atoms with Gasteiger partial charge in [0.1, 0.15) is 12.4 Å². The number of ether oxygens (including phenoxy) is 1. The molecule has 4 heteroatoms. The normalized spacial score (nSPS) is 15.6. The molecule has 4 rings (SSSR count). The first kappa shape index (κ1) is 18.3. The van der Waals surface area contributed by atoms with Gasteiger partial charge in [0, 0.05) is 0 Å². The summed E-state index contributed by atoms with van der Waals surface area (Å²) in [6.07, 6.45) is 1.43. The van der Waals surface area contributed by atoms with Gasteiger partial charge in [0.05, 0.1) is 11.5 Å². The molecule has 0 aromatic heterocycles. The molecule has 4 nitrogen and oxygen atoms in total. The molecule has 0 saturated heterocycles. The molecule has 0 heterocycles. The SMILES string of the molecule is NC(c1ccccc1)c1cccc(OCc2ccc(C3(C(=O)O)CC3)cc2)c1. The van der Waals surface area contributed by atoms with Crippen LogP contribution < -0.4 is 10.5 Å². The molecular formula is C24H23NO3. The van der Waals surface area contributed by atoms with Crippen LogP contribution in [0, 0.1) is 0 Å². The van der Waals surface area contributed by atoms with Gasteiger partial charge >= 0.3 is 5.97 Å². The van der Waals surface area contributed by atoms with E-state index in [9.17, 15) is 9.90 Å². The number of carboxylic acid groups (broad SMARTS) is 1. The van der Waals surface area contributed by atoms with Crippen LogP contribution in [0.3, 0.4) is 0 Å². The number of carboxylic acids is 1. The first-order chi connectivity index (χ1) is 13.6. The van der Waals surface area contributed by atoms with Gasteiger partial charge in [-0.3, -0.25) is 4.79 Å². The second-order valence-corrected chi connectivity index (χ2v) is 7.33. The van der Waals surface area contributed by atoms with Gasteiger partial charge in [-0.05, 0) is 47.2 Å². The lowest BCUT2D eigenvalue weighted by molar-refractivity contribution is -0.140. The highest BCUT2D eigenvalue weighted by Crippen LogP contribution is 2.48. The highest BCUT2D eigenvalue weighted by molar-refractivity contribution is 5.84. The van der Waals surface area contributed by atoms with Gasteiger partial charge in [0.15, 0.2) is 0 Å². The fraction of sp³-hybridized carbons (Fsp3) is 0.208. The number of hydrogen-bond acceptors (Lipinski definition) is 3. The maximum atomic E-state index is 11.4. The predicted octanol–water partition coefficient (Wildman–Crippen LogP) is 4.43. The molecule has 0 spiro atoms. The van der Waals surface area contributed by atoms with E-state index in [1.54, 1.807) is 0 Å². The van der Waals surface area contributed by atoms with E-state index in [-0.39, 0.29) is 6.04 Å². The lowest BCUT2D eigenvalue weighted by Crippen LogP contribution is -2.19. The second-order valence-electron chi connectivity index (χ2n) is 7.33. The Kier molecular flexibility index (Phi) is 4.88. The van der Waals surface area contributed by atoms with E-state index >= 15 is 0 Å². The number of rotatable bonds is 7. The third-order valence-corrected chi connectivity index (χ3v) is 5.45. The Balaban J connectivity index is 1.42. The van der Waals surface area contributed by atoms with Gasteiger partial charge < -0.3 is 15.6 Å². The minimum atomic E-state index is -0.733. The first-order valence-corrected chi connectivity index (χ1v) is 9.45. The van der Waals surface area contributed by atoms with Crippen LogP contribution in [0.15, 0.2) is 78.9 Å². The van der Waals surface area contributed by atoms with Crippen molar-refractivity contribution < 1.29 is 14.6 Å². The van der Waals surface area contributed by atoms with E-state index in [0.29, 0.717) is 19.4 Å². The van der Waals surface area contributed by atoms with Gasteiger partial charge in [0.2, 0.25) is 0 Å². The summed E-state index contributed by atoms with van der Waals surface area (Å²) < 4.78 is 5.94. The van der Waals surface area contributed by atoms with Crippen LogP contribution >= 0.6 is 0 Å². The second kappa shape index (κ2) is 7.49. The number of benzene rings is 3. The van der Waals surface area contributed by atoms with E-state index in [2.05, 4.69) is 0 Å². The maximum absolute atomic E-state index is 11.4. The van der Waals surface area contributed by atoms with E-state index in [0.717, 1.165) is 28.0 Å². The standard InChI is InChI=1S/C24H23NO3/c25-22(18-5-2-1-3-6-18)19-7-4-8-21(15-19)28-16-17-9-11-20(12-10-17)24(13-14-24)23(26)27/h1-12,15,22H,13-14,16,25H2,(H,26,27). The average Bonchev–Trinajstić information content (AvgIpc) is 3.55. The summed E-state index contributed by atoms with van der Waals surface area (Å²) in [4.78, 5) is 11.4. The lowest BCUT2D eigenvalue weighted by Gasteiger charge is -2.15. The Morgan fingerprint density at radius 1 is 0.964 bits per heavy atom. The molecule has 1 aliphatic carbocycles. The third kappa shape index (κ3) is 3.64. The van der Waals surface area contributed by atoms with E-state index in [1.807, 2.05) is 78.9 Å². The van der Waals surface area contributed by atoms with Gasteiger partial charge in [0.25, 0.3) is 0 Å². The summed E-state index contributed by atoms with van der Waals surface area (Å²) in [7, 11) is 0. The molecule has 28 heavy (non-hydrogen) atoms. The van der Waals surface area contributed by atoms with E-state index in [1.165, 1.54) is 0 Å². The summed E-state index contributed by atoms with van der Waals surface area (Å²) in [5, 5.41) is 9.40. The highest BCUT2D eigenvalue weighted by Gasteiger charge is 2.51. The van der Waals surface area contributed by atoms with Gasteiger partial charge in [-0.15, -0.1) is 0 Å². The van der Waals surface area contributed by atoms with Crippen LogP contribution in [0.5, 0.6) is 5.75 Å². The fourth-order valence-electron chi connectivity index (χ4n) is 3.49. The summed E-state index contributed by atoms with van der Waals surface area (Å²) in [6, 6.07) is 25.3. The largest absolute Gasteiger partial charge is 0.489 e. The summed E-state index contributed by atoms with van der Waals surface area (Å²) in [5.41, 5.74) is 9.64. The smallest absolute Gasteiger partial charge is 0.314 e. The summed E-state index contributed by atoms with van der Waals surface area (Å²) in [5.74, 6) is 0.0280. The Bertz CT molecular complexity index is 963. The topological polar surface area (TPSA) is 72.5 Å². The van der Waals surface area contributed by atoms with E-state index in [4.69, 9.17) is 10.5 Å². The van der Waals surface area contributed by atoms with Crippen molar-refractivity contribution >= 4 is 5.97 Å². The minimum Gasteiger partial charge on any atom is -0.489 e. The number of hydrogen-bond donors (Lipinski definition) is 2. The van der Waals surface area contributed by atoms with Crippen LogP contribution in [0.2, 0.25) is 0 Å². The minimum absolute atomic E-state index is 0.199. The molecule has 3 aromatic rings. The molecule has 1 unspecified atom stereocenters. The number of carbonyl (C=O) groups is 1. The average molecular weight is 373 g/mol. The van der Waals surface area contributed by atoms with Crippen molar-refractivity contribution in [3.05, 3.63) is 101 Å². The maximum Gasteiger partial charge on any atom is 0.314 e. The van der Waals surface area contributed by atoms with Crippen LogP contribution in [0.4, 0.5) is 0 Å². The molecule has 1 saturated carbocycles. The summed E-state index contributed by atoms with van der Waals surface area (Å²) >= 11 is 0. The molecule has 0 bridgehead atoms. The van der Waals surface area contributed by atoms with Crippen molar-refractivity contribution in [1.82, 2.24) is 0 Å². The molecule has 0 amide bonds. The van der Waals surface area contributed by atoms with Crippen molar-refractivity contribution in [2.24, 2.45) is 5.73 Å². The molecule has 0 radical (unpaired) electrons. The van der Waals surface area contributed by atoms with Crippen LogP contribution in [-0.4, -0.2) is 11.1 Å². The zero-order chi connectivity index (χ0) is 19.6. The van der Waals surface area contributed by atoms with Crippen molar-refractivity contribution in [2.45, 2.75) is 30.9 Å². The summed E-state index contributed by atoms with van der Waals surface area (Å²) in [6.45, 7) is 0.421. The van der Waals surface area contributed by atoms with E-state index < -0.39 is 11.4 Å².